The van der Waals surface area contributed by atoms with Gasteiger partial charge in [0, 0.05) is 42.2 Å². The predicted octanol–water partition coefficient (Wildman–Crippen LogP) is 4.51. The Bertz CT molecular complexity index is 676. The van der Waals surface area contributed by atoms with E-state index in [1.807, 2.05) is 36.4 Å². The van der Waals surface area contributed by atoms with E-state index in [1.165, 1.54) is 5.56 Å². The number of piperidine rings is 1. The number of hydrogen-bond donors (Lipinski definition) is 0. The average molecular weight is 330 g/mol. The molecular weight excluding hydrogens is 310 g/mol. The highest BCUT2D eigenvalue weighted by molar-refractivity contribution is 6.30. The van der Waals surface area contributed by atoms with Gasteiger partial charge in [-0.15, -0.1) is 0 Å². The van der Waals surface area contributed by atoms with Crippen molar-refractivity contribution in [3.05, 3.63) is 58.6 Å². The Hall–Kier alpha value is -2.00. The van der Waals surface area contributed by atoms with Crippen molar-refractivity contribution in [1.82, 2.24) is 0 Å². The first-order valence-electron chi connectivity index (χ1n) is 7.89. The van der Waals surface area contributed by atoms with E-state index in [0.717, 1.165) is 49.2 Å². The lowest BCUT2D eigenvalue weighted by atomic mass is 10.0. The number of rotatable bonds is 4. The highest BCUT2D eigenvalue weighted by Gasteiger charge is 2.22. The number of nitrogens with zero attached hydrogens (tertiary/aromatic N) is 1. The molecule has 23 heavy (non-hydrogen) atoms. The monoisotopic (exact) mass is 329 g/mol. The van der Waals surface area contributed by atoms with Gasteiger partial charge in [0.15, 0.2) is 6.29 Å². The average Bonchev–Trinajstić information content (AvgIpc) is 2.58. The number of aryl methyl sites for hydroxylation is 1. The van der Waals surface area contributed by atoms with Crippen LogP contribution < -0.4 is 9.64 Å². The van der Waals surface area contributed by atoms with Crippen LogP contribution in [0.3, 0.4) is 0 Å². The van der Waals surface area contributed by atoms with E-state index < -0.39 is 0 Å². The number of aldehydes is 1. The molecular formula is C19H20ClNO2. The fourth-order valence-corrected chi connectivity index (χ4v) is 3.07. The molecule has 0 bridgehead atoms. The minimum atomic E-state index is 0.205. The van der Waals surface area contributed by atoms with Gasteiger partial charge in [0.25, 0.3) is 0 Å². The summed E-state index contributed by atoms with van der Waals surface area (Å²) in [6.07, 6.45) is 3.02. The summed E-state index contributed by atoms with van der Waals surface area (Å²) in [6.45, 7) is 3.83. The molecule has 1 saturated heterocycles. The molecule has 0 aromatic heterocycles. The van der Waals surface area contributed by atoms with Gasteiger partial charge in [-0.1, -0.05) is 17.7 Å². The molecule has 1 heterocycles. The highest BCUT2D eigenvalue weighted by atomic mass is 35.5. The molecule has 0 aliphatic carbocycles. The highest BCUT2D eigenvalue weighted by Crippen LogP contribution is 2.26. The molecule has 3 nitrogen and oxygen atoms in total. The third-order valence-corrected chi connectivity index (χ3v) is 4.46. The maximum Gasteiger partial charge on any atom is 0.152 e. The third-order valence-electron chi connectivity index (χ3n) is 4.21. The predicted molar refractivity (Wildman–Crippen MR) is 93.9 cm³/mol. The zero-order valence-corrected chi connectivity index (χ0v) is 13.9. The molecule has 1 aliphatic heterocycles. The molecule has 0 radical (unpaired) electrons. The van der Waals surface area contributed by atoms with E-state index in [2.05, 4.69) is 17.9 Å². The van der Waals surface area contributed by atoms with Crippen LogP contribution in [0.5, 0.6) is 5.75 Å². The van der Waals surface area contributed by atoms with Crippen LogP contribution in [0.1, 0.15) is 28.8 Å². The van der Waals surface area contributed by atoms with E-state index in [1.54, 1.807) is 0 Å². The van der Waals surface area contributed by atoms with Gasteiger partial charge in [-0.25, -0.2) is 0 Å². The van der Waals surface area contributed by atoms with Gasteiger partial charge < -0.3 is 9.64 Å². The second-order valence-corrected chi connectivity index (χ2v) is 6.37. The molecule has 2 aromatic rings. The van der Waals surface area contributed by atoms with Crippen LogP contribution >= 0.6 is 11.6 Å². The topological polar surface area (TPSA) is 29.5 Å². The first kappa shape index (κ1) is 15.9. The van der Waals surface area contributed by atoms with E-state index in [0.29, 0.717) is 5.02 Å². The molecule has 2 aromatic carbocycles. The molecule has 1 aliphatic rings. The second kappa shape index (κ2) is 7.05. The van der Waals surface area contributed by atoms with Crippen LogP contribution in [-0.2, 0) is 0 Å². The Labute approximate surface area is 141 Å². The summed E-state index contributed by atoms with van der Waals surface area (Å²) >= 11 is 5.89. The lowest BCUT2D eigenvalue weighted by Crippen LogP contribution is -2.38. The standard InChI is InChI=1S/C19H20ClNO2/c1-14-2-3-15(13-22)19(12-14)21-10-8-18(9-11-21)23-17-6-4-16(20)5-7-17/h2-7,12-13,18H,8-11H2,1H3. The van der Waals surface area contributed by atoms with Crippen molar-refractivity contribution in [3.63, 3.8) is 0 Å². The maximum absolute atomic E-state index is 11.3. The largest absolute Gasteiger partial charge is 0.490 e. The molecule has 1 fully saturated rings. The molecule has 3 rings (SSSR count). The number of benzene rings is 2. The Morgan fingerprint density at radius 2 is 1.83 bits per heavy atom. The van der Waals surface area contributed by atoms with Gasteiger partial charge in [-0.3, -0.25) is 4.79 Å². The summed E-state index contributed by atoms with van der Waals surface area (Å²) < 4.78 is 6.02. The summed E-state index contributed by atoms with van der Waals surface area (Å²) in [6, 6.07) is 13.4. The number of hydrogen-bond acceptors (Lipinski definition) is 3. The normalized spacial score (nSPS) is 15.5. The lowest BCUT2D eigenvalue weighted by Gasteiger charge is -2.34. The van der Waals surface area contributed by atoms with Crippen LogP contribution in [0, 0.1) is 6.92 Å². The van der Waals surface area contributed by atoms with Gasteiger partial charge in [-0.2, -0.15) is 0 Å². The fourth-order valence-electron chi connectivity index (χ4n) is 2.95. The zero-order chi connectivity index (χ0) is 16.2. The van der Waals surface area contributed by atoms with Crippen molar-refractivity contribution < 1.29 is 9.53 Å². The molecule has 120 valence electrons. The maximum atomic E-state index is 11.3. The fraction of sp³-hybridized carbons (Fsp3) is 0.316. The van der Waals surface area contributed by atoms with Crippen molar-refractivity contribution in [3.8, 4) is 5.75 Å². The second-order valence-electron chi connectivity index (χ2n) is 5.94. The molecule has 0 amide bonds. The molecule has 0 N–H and O–H groups in total. The Kier molecular flexibility index (Phi) is 4.87. The van der Waals surface area contributed by atoms with Gasteiger partial charge in [-0.05, 0) is 48.9 Å². The number of halogens is 1. The van der Waals surface area contributed by atoms with Gasteiger partial charge in [0.1, 0.15) is 11.9 Å². The van der Waals surface area contributed by atoms with Gasteiger partial charge in [0.2, 0.25) is 0 Å². The smallest absolute Gasteiger partial charge is 0.152 e. The first-order valence-corrected chi connectivity index (χ1v) is 8.26. The van der Waals surface area contributed by atoms with Crippen LogP contribution in [0.4, 0.5) is 5.69 Å². The minimum Gasteiger partial charge on any atom is -0.490 e. The van der Waals surface area contributed by atoms with E-state index in [9.17, 15) is 4.79 Å². The number of carbonyl (C=O) groups excluding carboxylic acids is 1. The summed E-state index contributed by atoms with van der Waals surface area (Å²) in [4.78, 5) is 13.5. The van der Waals surface area contributed by atoms with Gasteiger partial charge >= 0.3 is 0 Å². The third kappa shape index (κ3) is 3.85. The lowest BCUT2D eigenvalue weighted by molar-refractivity contribution is 0.112. The Morgan fingerprint density at radius 1 is 1.13 bits per heavy atom. The van der Waals surface area contributed by atoms with Crippen LogP contribution in [-0.4, -0.2) is 25.5 Å². The summed E-state index contributed by atoms with van der Waals surface area (Å²) in [5.41, 5.74) is 2.96. The summed E-state index contributed by atoms with van der Waals surface area (Å²) in [5.74, 6) is 0.858. The van der Waals surface area contributed by atoms with E-state index in [-0.39, 0.29) is 6.10 Å². The summed E-state index contributed by atoms with van der Waals surface area (Å²) in [7, 11) is 0. The molecule has 0 unspecified atom stereocenters. The first-order chi connectivity index (χ1) is 11.2. The van der Waals surface area contributed by atoms with Crippen molar-refractivity contribution in [2.75, 3.05) is 18.0 Å². The molecule has 0 saturated carbocycles. The SMILES string of the molecule is Cc1ccc(C=O)c(N2CCC(Oc3ccc(Cl)cc3)CC2)c1. The molecule has 0 atom stereocenters. The number of anilines is 1. The van der Waals surface area contributed by atoms with Crippen molar-refractivity contribution >= 4 is 23.6 Å². The quantitative estimate of drug-likeness (QED) is 0.773. The molecule has 4 heteroatoms. The Balaban J connectivity index is 1.63. The van der Waals surface area contributed by atoms with Crippen molar-refractivity contribution in [2.45, 2.75) is 25.9 Å². The zero-order valence-electron chi connectivity index (χ0n) is 13.2. The van der Waals surface area contributed by atoms with Crippen LogP contribution in [0.2, 0.25) is 5.02 Å². The number of ether oxygens (including phenoxy) is 1. The number of carbonyl (C=O) groups is 1. The van der Waals surface area contributed by atoms with Crippen molar-refractivity contribution in [2.24, 2.45) is 0 Å². The van der Waals surface area contributed by atoms with Crippen LogP contribution in [0.25, 0.3) is 0 Å². The summed E-state index contributed by atoms with van der Waals surface area (Å²) in [5, 5.41) is 0.716. The van der Waals surface area contributed by atoms with Gasteiger partial charge in [0.05, 0.1) is 0 Å². The van der Waals surface area contributed by atoms with E-state index >= 15 is 0 Å². The molecule has 0 spiro atoms. The van der Waals surface area contributed by atoms with E-state index in [4.69, 9.17) is 16.3 Å². The van der Waals surface area contributed by atoms with Crippen molar-refractivity contribution in [1.29, 1.82) is 0 Å². The minimum absolute atomic E-state index is 0.205. The van der Waals surface area contributed by atoms with Crippen LogP contribution in [0.15, 0.2) is 42.5 Å². The Morgan fingerprint density at radius 3 is 2.48 bits per heavy atom.